The molecule has 2 aliphatic heterocycles. The summed E-state index contributed by atoms with van der Waals surface area (Å²) >= 11 is 11.8. The van der Waals surface area contributed by atoms with Gasteiger partial charge in [-0.3, -0.25) is 9.47 Å². The maximum Gasteiger partial charge on any atom is 0.326 e. The topological polar surface area (TPSA) is 59.4 Å². The zero-order valence-corrected chi connectivity index (χ0v) is 23.3. The number of nitrogens with one attached hydrogen (secondary N) is 1. The lowest BCUT2D eigenvalue weighted by molar-refractivity contribution is 0.134. The Bertz CT molecular complexity index is 1590. The minimum absolute atomic E-state index is 0. The summed E-state index contributed by atoms with van der Waals surface area (Å²) in [5.41, 5.74) is 7.05. The van der Waals surface area contributed by atoms with Crippen molar-refractivity contribution in [2.45, 2.75) is 32.7 Å². The smallest absolute Gasteiger partial charge is 0.326 e. The van der Waals surface area contributed by atoms with Crippen molar-refractivity contribution in [3.8, 4) is 0 Å². The molecule has 0 atom stereocenters. The number of amides is 1. The Morgan fingerprint density at radius 2 is 1.95 bits per heavy atom. The number of halogens is 4. The van der Waals surface area contributed by atoms with Crippen LogP contribution < -0.4 is 5.32 Å². The van der Waals surface area contributed by atoms with Gasteiger partial charge in [-0.1, -0.05) is 41.4 Å². The number of carbonyl (C=O) groups is 1. The van der Waals surface area contributed by atoms with Gasteiger partial charge in [0.1, 0.15) is 11.0 Å². The van der Waals surface area contributed by atoms with E-state index in [9.17, 15) is 9.18 Å². The summed E-state index contributed by atoms with van der Waals surface area (Å²) in [6.07, 6.45) is 6.31. The van der Waals surface area contributed by atoms with Crippen LogP contribution in [-0.2, 0) is 37.5 Å². The third kappa shape index (κ3) is 5.69. The van der Waals surface area contributed by atoms with E-state index in [1.807, 2.05) is 22.8 Å². The lowest BCUT2D eigenvalue weighted by Crippen LogP contribution is -2.34. The molecule has 4 heterocycles. The minimum Gasteiger partial charge on any atom is -0.372 e. The number of aromatic nitrogens is 2. The SMILES string of the molecule is Cl.O=C(NCc1ccnc(Cl)c1)n1c2c(c3cc4c(cc31)COC4)CN(C/C=C/c1ccc(Cl)c(F)c1)CC2. The molecule has 0 fully saturated rings. The van der Waals surface area contributed by atoms with Gasteiger partial charge in [-0.25, -0.2) is 14.2 Å². The van der Waals surface area contributed by atoms with Gasteiger partial charge in [0.2, 0.25) is 0 Å². The van der Waals surface area contributed by atoms with Crippen LogP contribution in [0.5, 0.6) is 0 Å². The molecule has 202 valence electrons. The molecule has 0 saturated carbocycles. The van der Waals surface area contributed by atoms with Gasteiger partial charge >= 0.3 is 6.03 Å². The van der Waals surface area contributed by atoms with Crippen LogP contribution in [0.25, 0.3) is 17.0 Å². The predicted molar refractivity (Wildman–Crippen MR) is 154 cm³/mol. The van der Waals surface area contributed by atoms with E-state index in [4.69, 9.17) is 27.9 Å². The Kier molecular flexibility index (Phi) is 8.26. The maximum atomic E-state index is 13.8. The Morgan fingerprint density at radius 1 is 1.13 bits per heavy atom. The molecule has 2 aromatic carbocycles. The molecule has 1 amide bonds. The van der Waals surface area contributed by atoms with Crippen molar-refractivity contribution in [3.05, 3.63) is 104 Å². The zero-order valence-electron chi connectivity index (χ0n) is 20.9. The van der Waals surface area contributed by atoms with E-state index >= 15 is 0 Å². The van der Waals surface area contributed by atoms with E-state index in [1.165, 1.54) is 11.6 Å². The fourth-order valence-electron chi connectivity index (χ4n) is 5.24. The maximum absolute atomic E-state index is 13.8. The first-order valence-corrected chi connectivity index (χ1v) is 13.2. The minimum atomic E-state index is -0.425. The molecule has 6 nitrogen and oxygen atoms in total. The first kappa shape index (κ1) is 27.6. The highest BCUT2D eigenvalue weighted by atomic mass is 35.5. The van der Waals surface area contributed by atoms with Gasteiger partial charge in [-0.05, 0) is 64.2 Å². The van der Waals surface area contributed by atoms with Crippen molar-refractivity contribution in [2.75, 3.05) is 13.1 Å². The highest BCUT2D eigenvalue weighted by molar-refractivity contribution is 6.30. The largest absolute Gasteiger partial charge is 0.372 e. The van der Waals surface area contributed by atoms with Crippen LogP contribution in [0.4, 0.5) is 9.18 Å². The molecule has 1 N–H and O–H groups in total. The monoisotopic (exact) mass is 586 g/mol. The second-order valence-corrected chi connectivity index (χ2v) is 10.4. The summed E-state index contributed by atoms with van der Waals surface area (Å²) in [6, 6.07) is 12.5. The van der Waals surface area contributed by atoms with Crippen molar-refractivity contribution >= 4 is 58.6 Å². The number of carbonyl (C=O) groups excluding carboxylic acids is 1. The fraction of sp³-hybridized carbons (Fsp3) is 0.241. The van der Waals surface area contributed by atoms with Gasteiger partial charge in [0.15, 0.2) is 0 Å². The van der Waals surface area contributed by atoms with Crippen molar-refractivity contribution < 1.29 is 13.9 Å². The van der Waals surface area contributed by atoms with Crippen LogP contribution in [0.3, 0.4) is 0 Å². The zero-order chi connectivity index (χ0) is 26.2. The first-order chi connectivity index (χ1) is 18.5. The van der Waals surface area contributed by atoms with Gasteiger partial charge in [-0.15, -0.1) is 12.4 Å². The van der Waals surface area contributed by atoms with E-state index in [2.05, 4.69) is 27.3 Å². The van der Waals surface area contributed by atoms with Crippen LogP contribution in [0.2, 0.25) is 10.2 Å². The highest BCUT2D eigenvalue weighted by Crippen LogP contribution is 2.35. The first-order valence-electron chi connectivity index (χ1n) is 12.4. The highest BCUT2D eigenvalue weighted by Gasteiger charge is 2.28. The summed E-state index contributed by atoms with van der Waals surface area (Å²) in [5, 5.41) is 4.65. The average molecular weight is 588 g/mol. The third-order valence-corrected chi connectivity index (χ3v) is 7.63. The lowest BCUT2D eigenvalue weighted by atomic mass is 10.0. The molecule has 39 heavy (non-hydrogen) atoms. The third-order valence-electron chi connectivity index (χ3n) is 7.12. The number of nitrogens with zero attached hydrogens (tertiary/aromatic N) is 3. The Morgan fingerprint density at radius 3 is 2.74 bits per heavy atom. The quantitative estimate of drug-likeness (QED) is 0.262. The number of hydrogen-bond donors (Lipinski definition) is 1. The normalized spacial score (nSPS) is 14.8. The van der Waals surface area contributed by atoms with Gasteiger partial charge < -0.3 is 10.1 Å². The molecule has 4 aromatic rings. The van der Waals surface area contributed by atoms with Crippen LogP contribution in [0.1, 0.15) is 33.5 Å². The van der Waals surface area contributed by atoms with Crippen LogP contribution >= 0.6 is 35.6 Å². The molecule has 10 heteroatoms. The fourth-order valence-corrected chi connectivity index (χ4v) is 5.55. The summed E-state index contributed by atoms with van der Waals surface area (Å²) in [5.74, 6) is -0.425. The van der Waals surface area contributed by atoms with E-state index < -0.39 is 5.82 Å². The van der Waals surface area contributed by atoms with Crippen molar-refractivity contribution in [2.24, 2.45) is 0 Å². The molecular weight excluding hydrogens is 562 g/mol. The summed E-state index contributed by atoms with van der Waals surface area (Å²) in [6.45, 7) is 3.72. The van der Waals surface area contributed by atoms with Crippen molar-refractivity contribution in [3.63, 3.8) is 0 Å². The standard InChI is InChI=1S/C29H25Cl2FN4O2.ClH/c30-24-4-3-18(10-25(24)32)2-1-8-35-9-6-26-23(15-35)22-12-20-16-38-17-21(20)13-27(22)36(26)29(37)34-14-19-5-7-33-28(31)11-19;/h1-5,7,10-13H,6,8-9,14-17H2,(H,34,37);1H/b2-1+;. The number of ether oxygens (including phenoxy) is 1. The van der Waals surface area contributed by atoms with Gasteiger partial charge in [-0.2, -0.15) is 0 Å². The summed E-state index contributed by atoms with van der Waals surface area (Å²) < 4.78 is 21.3. The molecular formula is C29H26Cl3FN4O2. The van der Waals surface area contributed by atoms with Crippen LogP contribution in [0, 0.1) is 5.82 Å². The number of pyridine rings is 1. The Hall–Kier alpha value is -2.94. The molecule has 2 aliphatic rings. The number of rotatable bonds is 5. The van der Waals surface area contributed by atoms with Crippen LogP contribution in [0.15, 0.2) is 54.7 Å². The van der Waals surface area contributed by atoms with E-state index in [1.54, 1.807) is 24.4 Å². The molecule has 2 aromatic heterocycles. The Balaban J connectivity index is 0.00000308. The molecule has 0 aliphatic carbocycles. The van der Waals surface area contributed by atoms with E-state index in [-0.39, 0.29) is 23.5 Å². The Labute approximate surface area is 241 Å². The molecule has 0 unspecified atom stereocenters. The van der Waals surface area contributed by atoms with E-state index in [0.717, 1.165) is 51.8 Å². The molecule has 0 bridgehead atoms. The summed E-state index contributed by atoms with van der Waals surface area (Å²) in [7, 11) is 0. The van der Waals surface area contributed by atoms with Crippen molar-refractivity contribution in [1.29, 1.82) is 0 Å². The average Bonchev–Trinajstić information content (AvgIpc) is 3.49. The summed E-state index contributed by atoms with van der Waals surface area (Å²) in [4.78, 5) is 19.9. The van der Waals surface area contributed by atoms with Gasteiger partial charge in [0, 0.05) is 49.9 Å². The predicted octanol–water partition coefficient (Wildman–Crippen LogP) is 6.76. The second kappa shape index (κ2) is 11.7. The number of benzene rings is 2. The number of fused-ring (bicyclic) bond motifs is 4. The molecule has 0 saturated heterocycles. The molecule has 0 radical (unpaired) electrons. The van der Waals surface area contributed by atoms with E-state index in [0.29, 0.717) is 38.0 Å². The van der Waals surface area contributed by atoms with Crippen LogP contribution in [-0.4, -0.2) is 33.6 Å². The van der Waals surface area contributed by atoms with Gasteiger partial charge in [0.25, 0.3) is 0 Å². The molecule has 6 rings (SSSR count). The second-order valence-electron chi connectivity index (χ2n) is 9.60. The molecule has 0 spiro atoms. The number of hydrogen-bond acceptors (Lipinski definition) is 4. The van der Waals surface area contributed by atoms with Crippen molar-refractivity contribution in [1.82, 2.24) is 19.8 Å². The van der Waals surface area contributed by atoms with Gasteiger partial charge in [0.05, 0.1) is 23.8 Å². The lowest BCUT2D eigenvalue weighted by Gasteiger charge is -2.27.